The Morgan fingerprint density at radius 3 is 2.90 bits per heavy atom. The number of carbonyl (C=O) groups excluding carboxylic acids is 1. The van der Waals surface area contributed by atoms with Crippen LogP contribution in [-0.4, -0.2) is 53.6 Å². The number of hydrogen-bond donors (Lipinski definition) is 1. The SMILES string of the molecule is COc1ccc(C(=O)NCCCn2ccnc2)cc1CC1CCN(CC2CCC2)C1. The summed E-state index contributed by atoms with van der Waals surface area (Å²) in [6.07, 6.45) is 12.8. The zero-order valence-corrected chi connectivity index (χ0v) is 18.1. The highest BCUT2D eigenvalue weighted by Crippen LogP contribution is 2.31. The van der Waals surface area contributed by atoms with E-state index in [0.717, 1.165) is 42.2 Å². The van der Waals surface area contributed by atoms with Gasteiger partial charge in [-0.1, -0.05) is 6.42 Å². The summed E-state index contributed by atoms with van der Waals surface area (Å²) >= 11 is 0. The Labute approximate surface area is 179 Å². The summed E-state index contributed by atoms with van der Waals surface area (Å²) in [4.78, 5) is 19.3. The van der Waals surface area contributed by atoms with E-state index in [4.69, 9.17) is 4.74 Å². The normalized spacial score (nSPS) is 19.6. The Hall–Kier alpha value is -2.34. The fourth-order valence-corrected chi connectivity index (χ4v) is 4.66. The van der Waals surface area contributed by atoms with Gasteiger partial charge in [-0.15, -0.1) is 0 Å². The molecule has 1 atom stereocenters. The summed E-state index contributed by atoms with van der Waals surface area (Å²) < 4.78 is 7.62. The molecule has 0 spiro atoms. The minimum Gasteiger partial charge on any atom is -0.496 e. The molecule has 2 aromatic rings. The number of aromatic nitrogens is 2. The second kappa shape index (κ2) is 10.1. The number of amides is 1. The maximum absolute atomic E-state index is 12.6. The van der Waals surface area contributed by atoms with Gasteiger partial charge in [0.05, 0.1) is 13.4 Å². The van der Waals surface area contributed by atoms with Crippen molar-refractivity contribution in [1.82, 2.24) is 19.8 Å². The summed E-state index contributed by atoms with van der Waals surface area (Å²) in [5.41, 5.74) is 1.87. The lowest BCUT2D eigenvalue weighted by Gasteiger charge is -2.30. The second-order valence-electron chi connectivity index (χ2n) is 8.85. The fourth-order valence-electron chi connectivity index (χ4n) is 4.66. The molecule has 1 aliphatic carbocycles. The van der Waals surface area contributed by atoms with Gasteiger partial charge in [-0.2, -0.15) is 0 Å². The van der Waals surface area contributed by atoms with Crippen LogP contribution in [0.25, 0.3) is 0 Å². The van der Waals surface area contributed by atoms with Gasteiger partial charge in [0.25, 0.3) is 5.91 Å². The molecule has 2 heterocycles. The monoisotopic (exact) mass is 410 g/mol. The zero-order valence-electron chi connectivity index (χ0n) is 18.1. The van der Waals surface area contributed by atoms with Gasteiger partial charge in [0, 0.05) is 44.1 Å². The minimum absolute atomic E-state index is 0.0115. The third kappa shape index (κ3) is 5.42. The number of carbonyl (C=O) groups is 1. The van der Waals surface area contributed by atoms with E-state index in [0.29, 0.717) is 12.5 Å². The van der Waals surface area contributed by atoms with Gasteiger partial charge in [0.15, 0.2) is 0 Å². The predicted octanol–water partition coefficient (Wildman–Crippen LogP) is 3.38. The lowest BCUT2D eigenvalue weighted by molar-refractivity contribution is 0.0952. The van der Waals surface area contributed by atoms with Crippen molar-refractivity contribution in [2.75, 3.05) is 33.3 Å². The first-order chi connectivity index (χ1) is 14.7. The van der Waals surface area contributed by atoms with Gasteiger partial charge in [-0.3, -0.25) is 4.79 Å². The van der Waals surface area contributed by atoms with Crippen LogP contribution < -0.4 is 10.1 Å². The molecule has 1 amide bonds. The minimum atomic E-state index is -0.0115. The number of likely N-dealkylation sites (tertiary alicyclic amines) is 1. The molecule has 162 valence electrons. The van der Waals surface area contributed by atoms with E-state index in [2.05, 4.69) is 15.2 Å². The molecule has 1 saturated heterocycles. The van der Waals surface area contributed by atoms with Crippen LogP contribution in [0.4, 0.5) is 0 Å². The van der Waals surface area contributed by atoms with Crippen molar-refractivity contribution >= 4 is 5.91 Å². The molecule has 1 unspecified atom stereocenters. The molecule has 1 aromatic heterocycles. The number of methoxy groups -OCH3 is 1. The first-order valence-corrected chi connectivity index (χ1v) is 11.3. The van der Waals surface area contributed by atoms with Crippen molar-refractivity contribution in [2.45, 2.75) is 45.1 Å². The smallest absolute Gasteiger partial charge is 0.251 e. The number of nitrogens with zero attached hydrogens (tertiary/aromatic N) is 3. The third-order valence-corrected chi connectivity index (χ3v) is 6.60. The van der Waals surface area contributed by atoms with Gasteiger partial charge in [0.1, 0.15) is 5.75 Å². The fraction of sp³-hybridized carbons (Fsp3) is 0.583. The van der Waals surface area contributed by atoms with Crippen LogP contribution >= 0.6 is 0 Å². The predicted molar refractivity (Wildman–Crippen MR) is 118 cm³/mol. The summed E-state index contributed by atoms with van der Waals surface area (Å²) in [6.45, 7) is 5.16. The van der Waals surface area contributed by atoms with Gasteiger partial charge in [-0.25, -0.2) is 4.98 Å². The van der Waals surface area contributed by atoms with E-state index in [1.54, 1.807) is 19.6 Å². The number of rotatable bonds is 10. The van der Waals surface area contributed by atoms with E-state index >= 15 is 0 Å². The summed E-state index contributed by atoms with van der Waals surface area (Å²) in [5.74, 6) is 2.46. The summed E-state index contributed by atoms with van der Waals surface area (Å²) in [6, 6.07) is 5.83. The number of nitrogens with one attached hydrogen (secondary N) is 1. The molecule has 0 bridgehead atoms. The number of benzene rings is 1. The van der Waals surface area contributed by atoms with Crippen LogP contribution in [0.15, 0.2) is 36.9 Å². The largest absolute Gasteiger partial charge is 0.496 e. The summed E-state index contributed by atoms with van der Waals surface area (Å²) in [5, 5.41) is 3.04. The molecular weight excluding hydrogens is 376 g/mol. The molecule has 0 radical (unpaired) electrons. The maximum atomic E-state index is 12.6. The summed E-state index contributed by atoms with van der Waals surface area (Å²) in [7, 11) is 1.71. The van der Waals surface area contributed by atoms with Crippen molar-refractivity contribution in [3.05, 3.63) is 48.0 Å². The first kappa shape index (κ1) is 20.9. The van der Waals surface area contributed by atoms with Crippen molar-refractivity contribution in [3.63, 3.8) is 0 Å². The van der Waals surface area contributed by atoms with E-state index in [-0.39, 0.29) is 5.91 Å². The van der Waals surface area contributed by atoms with Crippen LogP contribution in [0.1, 0.15) is 48.0 Å². The van der Waals surface area contributed by atoms with Crippen molar-refractivity contribution < 1.29 is 9.53 Å². The Morgan fingerprint density at radius 2 is 2.17 bits per heavy atom. The van der Waals surface area contributed by atoms with E-state index in [1.807, 2.05) is 29.0 Å². The third-order valence-electron chi connectivity index (χ3n) is 6.60. The molecule has 1 aromatic carbocycles. The Kier molecular flexibility index (Phi) is 7.05. The standard InChI is InChI=1S/C24H34N4O2/c1-30-23-7-6-21(24(29)26-9-3-11-27-13-10-25-18-27)15-22(23)14-20-8-12-28(17-20)16-19-4-2-5-19/h6-7,10,13,15,18-20H,2-5,8-9,11-12,14,16-17H2,1H3,(H,26,29). The van der Waals surface area contributed by atoms with E-state index in [9.17, 15) is 4.79 Å². The molecule has 6 nitrogen and oxygen atoms in total. The Bertz CT molecular complexity index is 817. The number of imidazole rings is 1. The molecule has 6 heteroatoms. The highest BCUT2D eigenvalue weighted by molar-refractivity contribution is 5.94. The Morgan fingerprint density at radius 1 is 1.27 bits per heavy atom. The maximum Gasteiger partial charge on any atom is 0.251 e. The first-order valence-electron chi connectivity index (χ1n) is 11.3. The molecule has 30 heavy (non-hydrogen) atoms. The molecule has 4 rings (SSSR count). The number of ether oxygens (including phenoxy) is 1. The highest BCUT2D eigenvalue weighted by Gasteiger charge is 2.27. The van der Waals surface area contributed by atoms with Crippen molar-refractivity contribution in [3.8, 4) is 5.75 Å². The van der Waals surface area contributed by atoms with Crippen LogP contribution in [0.5, 0.6) is 5.75 Å². The average Bonchev–Trinajstić information content (AvgIpc) is 3.40. The Balaban J connectivity index is 1.29. The average molecular weight is 411 g/mol. The molecule has 2 fully saturated rings. The van der Waals surface area contributed by atoms with Crippen LogP contribution in [-0.2, 0) is 13.0 Å². The van der Waals surface area contributed by atoms with Crippen LogP contribution in [0.2, 0.25) is 0 Å². The van der Waals surface area contributed by atoms with E-state index in [1.165, 1.54) is 45.3 Å². The highest BCUT2D eigenvalue weighted by atomic mass is 16.5. The van der Waals surface area contributed by atoms with Gasteiger partial charge in [-0.05, 0) is 74.2 Å². The topological polar surface area (TPSA) is 59.4 Å². The quantitative estimate of drug-likeness (QED) is 0.610. The molecular formula is C24H34N4O2. The van der Waals surface area contributed by atoms with Gasteiger partial charge < -0.3 is 19.5 Å². The van der Waals surface area contributed by atoms with Gasteiger partial charge >= 0.3 is 0 Å². The molecule has 1 saturated carbocycles. The van der Waals surface area contributed by atoms with Gasteiger partial charge in [0.2, 0.25) is 0 Å². The van der Waals surface area contributed by atoms with Crippen LogP contribution in [0, 0.1) is 11.8 Å². The zero-order chi connectivity index (χ0) is 20.8. The van der Waals surface area contributed by atoms with Crippen LogP contribution in [0.3, 0.4) is 0 Å². The molecule has 1 N–H and O–H groups in total. The lowest BCUT2D eigenvalue weighted by Crippen LogP contribution is -2.31. The van der Waals surface area contributed by atoms with Crippen molar-refractivity contribution in [2.24, 2.45) is 11.8 Å². The number of aryl methyl sites for hydroxylation is 1. The molecule has 1 aliphatic heterocycles. The van der Waals surface area contributed by atoms with E-state index < -0.39 is 0 Å². The van der Waals surface area contributed by atoms with Crippen molar-refractivity contribution in [1.29, 1.82) is 0 Å². The number of hydrogen-bond acceptors (Lipinski definition) is 4. The lowest BCUT2D eigenvalue weighted by atomic mass is 9.85. The second-order valence-corrected chi connectivity index (χ2v) is 8.85. The molecule has 2 aliphatic rings.